The highest BCUT2D eigenvalue weighted by Gasteiger charge is 2.20. The molecule has 0 aromatic heterocycles. The lowest BCUT2D eigenvalue weighted by Gasteiger charge is -2.17. The van der Waals surface area contributed by atoms with Crippen molar-refractivity contribution in [1.29, 1.82) is 0 Å². The molecule has 0 amide bonds. The summed E-state index contributed by atoms with van der Waals surface area (Å²) < 4.78 is 0. The molecule has 0 saturated heterocycles. The molecule has 1 radical (unpaired) electrons. The van der Waals surface area contributed by atoms with Gasteiger partial charge in [0.15, 0.2) is 0 Å². The minimum atomic E-state index is 0.543. The third-order valence-electron chi connectivity index (χ3n) is 1.50. The Labute approximate surface area is 75.6 Å². The zero-order chi connectivity index (χ0) is 8.39. The normalized spacial score (nSPS) is 16.6. The van der Waals surface area contributed by atoms with Crippen LogP contribution < -0.4 is 10.5 Å². The van der Waals surface area contributed by atoms with Crippen LogP contribution in [0.3, 0.4) is 0 Å². The minimum Gasteiger partial charge on any atom is -0.227 e. The SMILES string of the molecule is S[C]1N=NNN1c1ccccc1. The quantitative estimate of drug-likeness (QED) is 0.645. The summed E-state index contributed by atoms with van der Waals surface area (Å²) in [7, 11) is 0. The second-order valence-corrected chi connectivity index (χ2v) is 2.67. The predicted octanol–water partition coefficient (Wildman–Crippen LogP) is 1.76. The number of hydrazine groups is 1. The topological polar surface area (TPSA) is 40.0 Å². The first-order valence-electron chi connectivity index (χ1n) is 3.45. The van der Waals surface area contributed by atoms with E-state index in [-0.39, 0.29) is 0 Å². The van der Waals surface area contributed by atoms with E-state index in [1.54, 1.807) is 5.01 Å². The maximum atomic E-state index is 4.12. The van der Waals surface area contributed by atoms with Crippen LogP contribution in [0.25, 0.3) is 0 Å². The van der Waals surface area contributed by atoms with Crippen molar-refractivity contribution in [2.75, 3.05) is 5.01 Å². The van der Waals surface area contributed by atoms with Crippen molar-refractivity contribution < 1.29 is 0 Å². The van der Waals surface area contributed by atoms with Gasteiger partial charge in [0, 0.05) is 0 Å². The van der Waals surface area contributed by atoms with Gasteiger partial charge in [0.1, 0.15) is 0 Å². The molecule has 1 aromatic carbocycles. The third-order valence-corrected chi connectivity index (χ3v) is 1.79. The lowest BCUT2D eigenvalue weighted by atomic mass is 10.3. The fourth-order valence-electron chi connectivity index (χ4n) is 0.952. The van der Waals surface area contributed by atoms with Crippen molar-refractivity contribution in [3.8, 4) is 0 Å². The van der Waals surface area contributed by atoms with E-state index in [0.29, 0.717) is 5.50 Å². The van der Waals surface area contributed by atoms with Crippen molar-refractivity contribution in [1.82, 2.24) is 5.53 Å². The molecular weight excluding hydrogens is 172 g/mol. The summed E-state index contributed by atoms with van der Waals surface area (Å²) in [6, 6.07) is 9.72. The standard InChI is InChI=1S/C7H7N4S/c12-7-8-9-10-11(7)6-4-2-1-3-5-6/h1-5,12H,(H,8,10). The first-order valence-corrected chi connectivity index (χ1v) is 3.90. The molecule has 0 bridgehead atoms. The number of anilines is 1. The summed E-state index contributed by atoms with van der Waals surface area (Å²) in [5.41, 5.74) is 4.21. The van der Waals surface area contributed by atoms with Crippen LogP contribution in [-0.2, 0) is 0 Å². The van der Waals surface area contributed by atoms with E-state index in [1.165, 1.54) is 0 Å². The fraction of sp³-hybridized carbons (Fsp3) is 0. The molecular formula is C7H7N4S. The lowest BCUT2D eigenvalue weighted by Crippen LogP contribution is -2.29. The summed E-state index contributed by atoms with van der Waals surface area (Å²) in [6.45, 7) is 0. The molecule has 12 heavy (non-hydrogen) atoms. The Hall–Kier alpha value is -1.23. The first-order chi connectivity index (χ1) is 5.88. The molecule has 1 aliphatic rings. The molecule has 0 unspecified atom stereocenters. The Morgan fingerprint density at radius 1 is 1.25 bits per heavy atom. The zero-order valence-corrected chi connectivity index (χ0v) is 7.07. The predicted molar refractivity (Wildman–Crippen MR) is 49.1 cm³/mol. The number of benzene rings is 1. The molecule has 61 valence electrons. The van der Waals surface area contributed by atoms with Gasteiger partial charge in [-0.2, -0.15) is 5.53 Å². The average molecular weight is 179 g/mol. The van der Waals surface area contributed by atoms with Crippen LogP contribution in [0.15, 0.2) is 40.7 Å². The summed E-state index contributed by atoms with van der Waals surface area (Å²) in [6.07, 6.45) is 0. The van der Waals surface area contributed by atoms with E-state index in [0.717, 1.165) is 5.69 Å². The highest BCUT2D eigenvalue weighted by Crippen LogP contribution is 2.24. The maximum absolute atomic E-state index is 4.12. The average Bonchev–Trinajstić information content (AvgIpc) is 2.53. The molecule has 5 heteroatoms. The number of nitrogens with zero attached hydrogens (tertiary/aromatic N) is 3. The molecule has 0 atom stereocenters. The van der Waals surface area contributed by atoms with Gasteiger partial charge in [-0.15, -0.1) is 17.7 Å². The first kappa shape index (κ1) is 7.42. The summed E-state index contributed by atoms with van der Waals surface area (Å²) in [5, 5.41) is 9.01. The monoisotopic (exact) mass is 179 g/mol. The van der Waals surface area contributed by atoms with E-state index in [2.05, 4.69) is 28.5 Å². The second-order valence-electron chi connectivity index (χ2n) is 2.27. The largest absolute Gasteiger partial charge is 0.274 e. The molecule has 1 heterocycles. The number of hydrogen-bond donors (Lipinski definition) is 2. The van der Waals surface area contributed by atoms with Gasteiger partial charge >= 0.3 is 0 Å². The summed E-state index contributed by atoms with van der Waals surface area (Å²) >= 11 is 4.12. The maximum Gasteiger partial charge on any atom is 0.274 e. The smallest absolute Gasteiger partial charge is 0.227 e. The van der Waals surface area contributed by atoms with E-state index in [9.17, 15) is 0 Å². The molecule has 2 rings (SSSR count). The Kier molecular flexibility index (Phi) is 1.87. The van der Waals surface area contributed by atoms with Crippen molar-refractivity contribution in [2.45, 2.75) is 0 Å². The van der Waals surface area contributed by atoms with Gasteiger partial charge in [0.25, 0.3) is 5.50 Å². The number of nitrogens with one attached hydrogen (secondary N) is 1. The van der Waals surface area contributed by atoms with E-state index in [1.807, 2.05) is 30.3 Å². The number of thiol groups is 1. The molecule has 1 aromatic rings. The van der Waals surface area contributed by atoms with Crippen molar-refractivity contribution >= 4 is 18.3 Å². The highest BCUT2D eigenvalue weighted by molar-refractivity contribution is 7.83. The van der Waals surface area contributed by atoms with Crippen molar-refractivity contribution in [3.05, 3.63) is 35.8 Å². The molecule has 0 aliphatic carbocycles. The fourth-order valence-corrected chi connectivity index (χ4v) is 1.16. The Balaban J connectivity index is 2.22. The van der Waals surface area contributed by atoms with Gasteiger partial charge in [-0.25, -0.2) is 5.01 Å². The van der Waals surface area contributed by atoms with Gasteiger partial charge in [0.2, 0.25) is 0 Å². The zero-order valence-electron chi connectivity index (χ0n) is 6.18. The van der Waals surface area contributed by atoms with Crippen LogP contribution in [0.2, 0.25) is 0 Å². The van der Waals surface area contributed by atoms with Crippen LogP contribution in [0.5, 0.6) is 0 Å². The Morgan fingerprint density at radius 2 is 2.00 bits per heavy atom. The Morgan fingerprint density at radius 3 is 2.58 bits per heavy atom. The molecule has 0 fully saturated rings. The Bertz CT molecular complexity index is 287. The van der Waals surface area contributed by atoms with Gasteiger partial charge in [-0.05, 0) is 12.1 Å². The molecule has 1 aliphatic heterocycles. The highest BCUT2D eigenvalue weighted by atomic mass is 32.1. The van der Waals surface area contributed by atoms with Crippen LogP contribution in [0.1, 0.15) is 0 Å². The van der Waals surface area contributed by atoms with Gasteiger partial charge < -0.3 is 0 Å². The van der Waals surface area contributed by atoms with Crippen LogP contribution in [0.4, 0.5) is 5.69 Å². The van der Waals surface area contributed by atoms with Gasteiger partial charge in [-0.1, -0.05) is 23.4 Å². The third kappa shape index (κ3) is 1.23. The molecule has 1 N–H and O–H groups in total. The number of hydrogen-bond acceptors (Lipinski definition) is 5. The summed E-state index contributed by atoms with van der Waals surface area (Å²) in [5.74, 6) is 0. The van der Waals surface area contributed by atoms with E-state index < -0.39 is 0 Å². The van der Waals surface area contributed by atoms with E-state index >= 15 is 0 Å². The van der Waals surface area contributed by atoms with E-state index in [4.69, 9.17) is 0 Å². The molecule has 0 saturated carbocycles. The number of rotatable bonds is 1. The van der Waals surface area contributed by atoms with Gasteiger partial charge in [0.05, 0.1) is 5.69 Å². The number of para-hydroxylation sites is 1. The van der Waals surface area contributed by atoms with Crippen molar-refractivity contribution in [3.63, 3.8) is 0 Å². The van der Waals surface area contributed by atoms with Crippen LogP contribution in [0, 0.1) is 5.50 Å². The van der Waals surface area contributed by atoms with Crippen molar-refractivity contribution in [2.24, 2.45) is 10.3 Å². The van der Waals surface area contributed by atoms with Gasteiger partial charge in [-0.3, -0.25) is 0 Å². The van der Waals surface area contributed by atoms with Crippen LogP contribution in [-0.4, -0.2) is 0 Å². The lowest BCUT2D eigenvalue weighted by molar-refractivity contribution is 0.767. The summed E-state index contributed by atoms with van der Waals surface area (Å²) in [4.78, 5) is 0. The molecule has 0 spiro atoms. The van der Waals surface area contributed by atoms with Crippen LogP contribution >= 0.6 is 12.6 Å². The molecule has 4 nitrogen and oxygen atoms in total. The minimum absolute atomic E-state index is 0.543. The second kappa shape index (κ2) is 3.02.